The van der Waals surface area contributed by atoms with Crippen LogP contribution in [0, 0.1) is 5.92 Å². The number of nitrogens with zero attached hydrogens (tertiary/aromatic N) is 2. The molecule has 0 aromatic heterocycles. The van der Waals surface area contributed by atoms with E-state index in [-0.39, 0.29) is 12.0 Å². The van der Waals surface area contributed by atoms with Crippen LogP contribution in [0.5, 0.6) is 0 Å². The third-order valence-corrected chi connectivity index (χ3v) is 3.66. The standard InChI is InChI=1S/C14H29N3O2/c1-12(2)11-17-9-7-16(8-10-17)6-5-13(15-3)14(18)19-4/h12-13,15H,5-11H2,1-4H3. The Hall–Kier alpha value is -0.650. The molecule has 0 aromatic carbocycles. The molecule has 112 valence electrons. The van der Waals surface area contributed by atoms with E-state index in [1.165, 1.54) is 13.7 Å². The van der Waals surface area contributed by atoms with Gasteiger partial charge in [-0.25, -0.2) is 0 Å². The molecule has 0 aliphatic carbocycles. The Kier molecular flexibility index (Phi) is 7.34. The smallest absolute Gasteiger partial charge is 0.322 e. The second-order valence-corrected chi connectivity index (χ2v) is 5.69. The molecule has 5 heteroatoms. The van der Waals surface area contributed by atoms with Crippen LogP contribution in [0.4, 0.5) is 0 Å². The van der Waals surface area contributed by atoms with Gasteiger partial charge in [0.05, 0.1) is 7.11 Å². The van der Waals surface area contributed by atoms with Crippen molar-refractivity contribution in [3.63, 3.8) is 0 Å². The Labute approximate surface area is 117 Å². The first-order valence-electron chi connectivity index (χ1n) is 7.26. The van der Waals surface area contributed by atoms with Crippen molar-refractivity contribution >= 4 is 5.97 Å². The van der Waals surface area contributed by atoms with Crippen molar-refractivity contribution in [1.82, 2.24) is 15.1 Å². The van der Waals surface area contributed by atoms with E-state index in [9.17, 15) is 4.79 Å². The van der Waals surface area contributed by atoms with Crippen molar-refractivity contribution in [2.24, 2.45) is 5.92 Å². The molecule has 1 heterocycles. The Balaban J connectivity index is 2.23. The lowest BCUT2D eigenvalue weighted by molar-refractivity contribution is -0.143. The van der Waals surface area contributed by atoms with E-state index >= 15 is 0 Å². The number of rotatable bonds is 7. The summed E-state index contributed by atoms with van der Waals surface area (Å²) in [7, 11) is 3.25. The summed E-state index contributed by atoms with van der Waals surface area (Å²) in [5.74, 6) is 0.570. The second-order valence-electron chi connectivity index (χ2n) is 5.69. The fourth-order valence-corrected chi connectivity index (χ4v) is 2.55. The Morgan fingerprint density at radius 1 is 1.21 bits per heavy atom. The van der Waals surface area contributed by atoms with E-state index in [4.69, 9.17) is 4.74 Å². The van der Waals surface area contributed by atoms with E-state index in [0.29, 0.717) is 0 Å². The molecule has 5 nitrogen and oxygen atoms in total. The lowest BCUT2D eigenvalue weighted by atomic mass is 10.1. The number of likely N-dealkylation sites (N-methyl/N-ethyl adjacent to an activating group) is 1. The van der Waals surface area contributed by atoms with Crippen molar-refractivity contribution in [2.45, 2.75) is 26.3 Å². The predicted molar refractivity (Wildman–Crippen MR) is 77.2 cm³/mol. The van der Waals surface area contributed by atoms with Crippen LogP contribution in [0.15, 0.2) is 0 Å². The van der Waals surface area contributed by atoms with Gasteiger partial charge in [0.2, 0.25) is 0 Å². The Morgan fingerprint density at radius 3 is 2.26 bits per heavy atom. The summed E-state index contributed by atoms with van der Waals surface area (Å²) in [6.07, 6.45) is 0.813. The number of hydrogen-bond acceptors (Lipinski definition) is 5. The minimum atomic E-state index is -0.182. The molecule has 1 aliphatic heterocycles. The Bertz CT molecular complexity index is 263. The molecule has 1 N–H and O–H groups in total. The summed E-state index contributed by atoms with van der Waals surface area (Å²) >= 11 is 0. The first-order chi connectivity index (χ1) is 9.06. The molecular formula is C14H29N3O2. The summed E-state index contributed by atoms with van der Waals surface area (Å²) < 4.78 is 4.78. The van der Waals surface area contributed by atoms with Gasteiger partial charge in [-0.3, -0.25) is 4.79 Å². The van der Waals surface area contributed by atoms with Crippen LogP contribution >= 0.6 is 0 Å². The number of piperazine rings is 1. The number of carbonyl (C=O) groups is 1. The largest absolute Gasteiger partial charge is 0.468 e. The zero-order valence-corrected chi connectivity index (χ0v) is 12.8. The molecule has 1 fully saturated rings. The molecule has 0 aromatic rings. The van der Waals surface area contributed by atoms with Gasteiger partial charge in [0.15, 0.2) is 0 Å². The predicted octanol–water partition coefficient (Wildman–Crippen LogP) is 0.411. The van der Waals surface area contributed by atoms with Crippen molar-refractivity contribution in [2.75, 3.05) is 53.4 Å². The van der Waals surface area contributed by atoms with E-state index in [1.807, 2.05) is 7.05 Å². The van der Waals surface area contributed by atoms with Gasteiger partial charge in [-0.15, -0.1) is 0 Å². The molecule has 1 unspecified atom stereocenters. The van der Waals surface area contributed by atoms with E-state index in [2.05, 4.69) is 29.0 Å². The van der Waals surface area contributed by atoms with Gasteiger partial charge in [0.1, 0.15) is 6.04 Å². The molecule has 1 saturated heterocycles. The topological polar surface area (TPSA) is 44.8 Å². The van der Waals surface area contributed by atoms with Gasteiger partial charge in [0.25, 0.3) is 0 Å². The highest BCUT2D eigenvalue weighted by Crippen LogP contribution is 2.07. The van der Waals surface area contributed by atoms with E-state index in [0.717, 1.165) is 45.1 Å². The average molecular weight is 271 g/mol. The lowest BCUT2D eigenvalue weighted by Crippen LogP contribution is -2.48. The maximum atomic E-state index is 11.5. The highest BCUT2D eigenvalue weighted by Gasteiger charge is 2.21. The molecule has 1 rings (SSSR count). The molecule has 1 aliphatic rings. The molecule has 19 heavy (non-hydrogen) atoms. The minimum Gasteiger partial charge on any atom is -0.468 e. The average Bonchev–Trinajstić information content (AvgIpc) is 2.40. The number of nitrogens with one attached hydrogen (secondary N) is 1. The highest BCUT2D eigenvalue weighted by molar-refractivity contribution is 5.75. The summed E-state index contributed by atoms with van der Waals surface area (Å²) in [4.78, 5) is 16.4. The van der Waals surface area contributed by atoms with Gasteiger partial charge in [-0.05, 0) is 19.4 Å². The maximum absolute atomic E-state index is 11.5. The number of methoxy groups -OCH3 is 1. The first-order valence-corrected chi connectivity index (χ1v) is 7.26. The number of ether oxygens (including phenoxy) is 1. The van der Waals surface area contributed by atoms with Crippen LogP contribution in [0.1, 0.15) is 20.3 Å². The summed E-state index contributed by atoms with van der Waals surface area (Å²) in [5, 5.41) is 3.02. The summed E-state index contributed by atoms with van der Waals surface area (Å²) in [5.41, 5.74) is 0. The quantitative estimate of drug-likeness (QED) is 0.680. The molecule has 0 saturated carbocycles. The third-order valence-electron chi connectivity index (χ3n) is 3.66. The summed E-state index contributed by atoms with van der Waals surface area (Å²) in [6, 6.07) is -0.182. The molecule has 0 radical (unpaired) electrons. The van der Waals surface area contributed by atoms with Crippen LogP contribution in [-0.4, -0.2) is 75.2 Å². The van der Waals surface area contributed by atoms with Crippen molar-refractivity contribution in [3.05, 3.63) is 0 Å². The number of carbonyl (C=O) groups excluding carboxylic acids is 1. The van der Waals surface area contributed by atoms with Gasteiger partial charge >= 0.3 is 5.97 Å². The van der Waals surface area contributed by atoms with Crippen molar-refractivity contribution in [1.29, 1.82) is 0 Å². The van der Waals surface area contributed by atoms with Crippen LogP contribution in [-0.2, 0) is 9.53 Å². The van der Waals surface area contributed by atoms with Gasteiger partial charge in [-0.1, -0.05) is 13.8 Å². The highest BCUT2D eigenvalue weighted by atomic mass is 16.5. The van der Waals surface area contributed by atoms with Crippen LogP contribution in [0.25, 0.3) is 0 Å². The van der Waals surface area contributed by atoms with Gasteiger partial charge in [-0.2, -0.15) is 0 Å². The molecule has 0 bridgehead atoms. The first kappa shape index (κ1) is 16.4. The zero-order valence-electron chi connectivity index (χ0n) is 12.8. The maximum Gasteiger partial charge on any atom is 0.322 e. The third kappa shape index (κ3) is 5.89. The van der Waals surface area contributed by atoms with Crippen molar-refractivity contribution in [3.8, 4) is 0 Å². The fourth-order valence-electron chi connectivity index (χ4n) is 2.55. The second kappa shape index (κ2) is 8.51. The monoisotopic (exact) mass is 271 g/mol. The molecule has 0 amide bonds. The SMILES string of the molecule is CNC(CCN1CCN(CC(C)C)CC1)C(=O)OC. The van der Waals surface area contributed by atoms with E-state index < -0.39 is 0 Å². The molecule has 0 spiro atoms. The zero-order chi connectivity index (χ0) is 14.3. The summed E-state index contributed by atoms with van der Waals surface area (Å²) in [6.45, 7) is 11.2. The van der Waals surface area contributed by atoms with Crippen molar-refractivity contribution < 1.29 is 9.53 Å². The van der Waals surface area contributed by atoms with Gasteiger partial charge in [0, 0.05) is 39.3 Å². The van der Waals surface area contributed by atoms with Crippen LogP contribution in [0.3, 0.4) is 0 Å². The Morgan fingerprint density at radius 2 is 1.79 bits per heavy atom. The van der Waals surface area contributed by atoms with E-state index in [1.54, 1.807) is 0 Å². The molecule has 1 atom stereocenters. The minimum absolute atomic E-state index is 0.166. The number of hydrogen-bond donors (Lipinski definition) is 1. The molecular weight excluding hydrogens is 242 g/mol. The lowest BCUT2D eigenvalue weighted by Gasteiger charge is -2.35. The van der Waals surface area contributed by atoms with Crippen LogP contribution < -0.4 is 5.32 Å². The van der Waals surface area contributed by atoms with Crippen LogP contribution in [0.2, 0.25) is 0 Å². The normalized spacial score (nSPS) is 19.6. The van der Waals surface area contributed by atoms with Gasteiger partial charge < -0.3 is 19.9 Å². The number of esters is 1. The fraction of sp³-hybridized carbons (Fsp3) is 0.929.